The van der Waals surface area contributed by atoms with Crippen LogP contribution in [-0.4, -0.2) is 24.2 Å². The zero-order valence-electron chi connectivity index (χ0n) is 9.35. The van der Waals surface area contributed by atoms with Gasteiger partial charge in [0.25, 0.3) is 0 Å². The van der Waals surface area contributed by atoms with Gasteiger partial charge >= 0.3 is 5.97 Å². The van der Waals surface area contributed by atoms with Crippen LogP contribution in [0.1, 0.15) is 36.0 Å². The molecule has 0 bridgehead atoms. The molecule has 2 rings (SSSR count). The van der Waals surface area contributed by atoms with Crippen molar-refractivity contribution in [2.24, 2.45) is 0 Å². The van der Waals surface area contributed by atoms with Crippen molar-refractivity contribution in [3.05, 3.63) is 29.8 Å². The molecule has 0 radical (unpaired) electrons. The second-order valence-electron chi connectivity index (χ2n) is 4.26. The molecule has 1 aromatic carbocycles. The first-order valence-electron chi connectivity index (χ1n) is 5.86. The van der Waals surface area contributed by atoms with Gasteiger partial charge in [-0.25, -0.2) is 4.79 Å². The Morgan fingerprint density at radius 2 is 1.81 bits per heavy atom. The van der Waals surface area contributed by atoms with Crippen LogP contribution in [0.2, 0.25) is 0 Å². The SMILES string of the molecule is O=C(O)c1cccc(N2CCCCCC2)c1. The first-order chi connectivity index (χ1) is 7.77. The fourth-order valence-corrected chi connectivity index (χ4v) is 2.16. The van der Waals surface area contributed by atoms with Gasteiger partial charge < -0.3 is 10.0 Å². The molecule has 0 spiro atoms. The average molecular weight is 219 g/mol. The molecule has 0 aromatic heterocycles. The summed E-state index contributed by atoms with van der Waals surface area (Å²) in [7, 11) is 0. The molecule has 3 heteroatoms. The second-order valence-corrected chi connectivity index (χ2v) is 4.26. The molecule has 1 fully saturated rings. The summed E-state index contributed by atoms with van der Waals surface area (Å²) in [6.07, 6.45) is 4.98. The van der Waals surface area contributed by atoms with Gasteiger partial charge in [-0.1, -0.05) is 18.9 Å². The Labute approximate surface area is 95.7 Å². The van der Waals surface area contributed by atoms with Gasteiger partial charge in [-0.15, -0.1) is 0 Å². The van der Waals surface area contributed by atoms with E-state index in [4.69, 9.17) is 5.11 Å². The van der Waals surface area contributed by atoms with E-state index >= 15 is 0 Å². The predicted octanol–water partition coefficient (Wildman–Crippen LogP) is 2.77. The number of hydrogen-bond acceptors (Lipinski definition) is 2. The number of carbonyl (C=O) groups is 1. The van der Waals surface area contributed by atoms with Crippen molar-refractivity contribution in [3.63, 3.8) is 0 Å². The smallest absolute Gasteiger partial charge is 0.335 e. The Morgan fingerprint density at radius 1 is 1.12 bits per heavy atom. The summed E-state index contributed by atoms with van der Waals surface area (Å²) in [5, 5.41) is 8.94. The van der Waals surface area contributed by atoms with Crippen LogP contribution in [0.15, 0.2) is 24.3 Å². The largest absolute Gasteiger partial charge is 0.478 e. The highest BCUT2D eigenvalue weighted by atomic mass is 16.4. The summed E-state index contributed by atoms with van der Waals surface area (Å²) in [5.74, 6) is -0.850. The van der Waals surface area contributed by atoms with Crippen LogP contribution in [0.5, 0.6) is 0 Å². The van der Waals surface area contributed by atoms with Crippen LogP contribution in [-0.2, 0) is 0 Å². The summed E-state index contributed by atoms with van der Waals surface area (Å²) >= 11 is 0. The molecule has 1 saturated heterocycles. The molecule has 1 aliphatic rings. The van der Waals surface area contributed by atoms with Gasteiger partial charge in [0.05, 0.1) is 5.56 Å². The normalized spacial score (nSPS) is 16.9. The molecule has 0 unspecified atom stereocenters. The van der Waals surface area contributed by atoms with Gasteiger partial charge in [0, 0.05) is 18.8 Å². The Hall–Kier alpha value is -1.51. The molecule has 1 aliphatic heterocycles. The zero-order valence-corrected chi connectivity index (χ0v) is 9.35. The lowest BCUT2D eigenvalue weighted by molar-refractivity contribution is 0.0697. The Balaban J connectivity index is 2.18. The van der Waals surface area contributed by atoms with Crippen molar-refractivity contribution >= 4 is 11.7 Å². The van der Waals surface area contributed by atoms with Crippen molar-refractivity contribution in [1.82, 2.24) is 0 Å². The lowest BCUT2D eigenvalue weighted by Gasteiger charge is -2.22. The predicted molar refractivity (Wildman–Crippen MR) is 64.1 cm³/mol. The molecule has 0 aliphatic carbocycles. The minimum Gasteiger partial charge on any atom is -0.478 e. The third-order valence-electron chi connectivity index (χ3n) is 3.06. The minimum atomic E-state index is -0.850. The number of benzene rings is 1. The fraction of sp³-hybridized carbons (Fsp3) is 0.462. The van der Waals surface area contributed by atoms with Gasteiger partial charge in [-0.05, 0) is 31.0 Å². The molecule has 1 N–H and O–H groups in total. The van der Waals surface area contributed by atoms with Crippen molar-refractivity contribution in [3.8, 4) is 0 Å². The van der Waals surface area contributed by atoms with Crippen LogP contribution >= 0.6 is 0 Å². The number of carboxylic acid groups (broad SMARTS) is 1. The number of anilines is 1. The molecule has 1 heterocycles. The third-order valence-corrected chi connectivity index (χ3v) is 3.06. The van der Waals surface area contributed by atoms with Crippen molar-refractivity contribution in [2.45, 2.75) is 25.7 Å². The van der Waals surface area contributed by atoms with Crippen LogP contribution < -0.4 is 4.90 Å². The number of carboxylic acids is 1. The van der Waals surface area contributed by atoms with Gasteiger partial charge in [0.2, 0.25) is 0 Å². The highest BCUT2D eigenvalue weighted by molar-refractivity contribution is 5.88. The maximum Gasteiger partial charge on any atom is 0.335 e. The topological polar surface area (TPSA) is 40.5 Å². The molecule has 86 valence electrons. The first kappa shape index (κ1) is 11.0. The number of nitrogens with zero attached hydrogens (tertiary/aromatic N) is 1. The number of rotatable bonds is 2. The Kier molecular flexibility index (Phi) is 3.44. The van der Waals surface area contributed by atoms with E-state index in [1.807, 2.05) is 12.1 Å². The highest BCUT2D eigenvalue weighted by Crippen LogP contribution is 2.20. The first-order valence-corrected chi connectivity index (χ1v) is 5.86. The summed E-state index contributed by atoms with van der Waals surface area (Å²) in [6, 6.07) is 7.23. The molecule has 0 saturated carbocycles. The van der Waals surface area contributed by atoms with Crippen molar-refractivity contribution in [1.29, 1.82) is 0 Å². The van der Waals surface area contributed by atoms with Gasteiger partial charge in [0.15, 0.2) is 0 Å². The number of hydrogen-bond donors (Lipinski definition) is 1. The Bertz CT molecular complexity index is 368. The van der Waals surface area contributed by atoms with Crippen LogP contribution in [0.25, 0.3) is 0 Å². The van der Waals surface area contributed by atoms with Crippen molar-refractivity contribution in [2.75, 3.05) is 18.0 Å². The molecular formula is C13H17NO2. The lowest BCUT2D eigenvalue weighted by atomic mass is 10.2. The molecule has 1 aromatic rings. The summed E-state index contributed by atoms with van der Waals surface area (Å²) in [5.41, 5.74) is 1.42. The van der Waals surface area contributed by atoms with E-state index in [-0.39, 0.29) is 0 Å². The van der Waals surface area contributed by atoms with E-state index in [0.717, 1.165) is 18.8 Å². The van der Waals surface area contributed by atoms with E-state index in [2.05, 4.69) is 4.90 Å². The van der Waals surface area contributed by atoms with Gasteiger partial charge in [-0.3, -0.25) is 0 Å². The fourth-order valence-electron chi connectivity index (χ4n) is 2.16. The molecule has 16 heavy (non-hydrogen) atoms. The van der Waals surface area contributed by atoms with E-state index in [1.54, 1.807) is 12.1 Å². The van der Waals surface area contributed by atoms with Gasteiger partial charge in [0.1, 0.15) is 0 Å². The summed E-state index contributed by atoms with van der Waals surface area (Å²) in [4.78, 5) is 13.2. The third kappa shape index (κ3) is 2.54. The number of aromatic carboxylic acids is 1. The molecular weight excluding hydrogens is 202 g/mol. The van der Waals surface area contributed by atoms with Gasteiger partial charge in [-0.2, -0.15) is 0 Å². The van der Waals surface area contributed by atoms with Crippen LogP contribution in [0, 0.1) is 0 Å². The lowest BCUT2D eigenvalue weighted by Crippen LogP contribution is -2.23. The summed E-state index contributed by atoms with van der Waals surface area (Å²) < 4.78 is 0. The maximum atomic E-state index is 10.9. The quantitative estimate of drug-likeness (QED) is 0.831. The molecule has 0 amide bonds. The summed E-state index contributed by atoms with van der Waals surface area (Å²) in [6.45, 7) is 2.09. The van der Waals surface area contributed by atoms with E-state index < -0.39 is 5.97 Å². The Morgan fingerprint density at radius 3 is 2.44 bits per heavy atom. The van der Waals surface area contributed by atoms with E-state index in [9.17, 15) is 4.79 Å². The molecule has 0 atom stereocenters. The van der Waals surface area contributed by atoms with Crippen LogP contribution in [0.3, 0.4) is 0 Å². The highest BCUT2D eigenvalue weighted by Gasteiger charge is 2.11. The van der Waals surface area contributed by atoms with Crippen molar-refractivity contribution < 1.29 is 9.90 Å². The standard InChI is InChI=1S/C13H17NO2/c15-13(16)11-6-5-7-12(10-11)14-8-3-1-2-4-9-14/h5-7,10H,1-4,8-9H2,(H,15,16). The molecule has 3 nitrogen and oxygen atoms in total. The maximum absolute atomic E-state index is 10.9. The second kappa shape index (κ2) is 5.01. The van der Waals surface area contributed by atoms with E-state index in [1.165, 1.54) is 25.7 Å². The minimum absolute atomic E-state index is 0.377. The average Bonchev–Trinajstić information content (AvgIpc) is 2.57. The van der Waals surface area contributed by atoms with E-state index in [0.29, 0.717) is 5.56 Å². The zero-order chi connectivity index (χ0) is 11.4. The van der Waals surface area contributed by atoms with Crippen LogP contribution in [0.4, 0.5) is 5.69 Å². The monoisotopic (exact) mass is 219 g/mol.